The topological polar surface area (TPSA) is 48.1 Å². The van der Waals surface area contributed by atoms with E-state index in [4.69, 9.17) is 0 Å². The summed E-state index contributed by atoms with van der Waals surface area (Å²) in [6.07, 6.45) is 10.2. The number of Topliss-reactive ketones (excluding diaryl/α,β-unsaturated/α-hetero) is 1. The third kappa shape index (κ3) is 4.42. The number of benzene rings is 4. The van der Waals surface area contributed by atoms with Crippen molar-refractivity contribution in [2.45, 2.75) is 57.9 Å². The summed E-state index contributed by atoms with van der Waals surface area (Å²) in [6.45, 7) is 1.53. The van der Waals surface area contributed by atoms with Crippen molar-refractivity contribution in [1.82, 2.24) is 4.57 Å². The van der Waals surface area contributed by atoms with Crippen molar-refractivity contribution in [3.8, 4) is 0 Å². The van der Waals surface area contributed by atoms with Crippen LogP contribution in [0.5, 0.6) is 0 Å². The number of aryl methyl sites for hydroxylation is 2. The number of hydrogen-bond donors (Lipinski definition) is 0. The molecule has 1 saturated carbocycles. The van der Waals surface area contributed by atoms with E-state index in [9.17, 15) is 9.90 Å². The van der Waals surface area contributed by atoms with Crippen molar-refractivity contribution >= 4 is 38.6 Å². The molecular formula is C42H36N2O2. The van der Waals surface area contributed by atoms with E-state index in [1.807, 2.05) is 0 Å². The molecule has 0 unspecified atom stereocenters. The van der Waals surface area contributed by atoms with Crippen molar-refractivity contribution < 1.29 is 14.5 Å². The summed E-state index contributed by atoms with van der Waals surface area (Å²) >= 11 is 0. The predicted octanol–water partition coefficient (Wildman–Crippen LogP) is 7.25. The highest BCUT2D eigenvalue weighted by atomic mass is 16.3. The van der Waals surface area contributed by atoms with Gasteiger partial charge in [-0.1, -0.05) is 90.7 Å². The van der Waals surface area contributed by atoms with E-state index < -0.39 is 0 Å². The average Bonchev–Trinajstić information content (AvgIpc) is 3.86. The zero-order valence-electron chi connectivity index (χ0n) is 26.0. The molecule has 226 valence electrons. The highest BCUT2D eigenvalue weighted by Crippen LogP contribution is 2.42. The third-order valence-electron chi connectivity index (χ3n) is 10.6. The number of allylic oxidation sites excluding steroid dienone is 4. The van der Waals surface area contributed by atoms with Crippen LogP contribution in [0.15, 0.2) is 120 Å². The molecule has 4 aliphatic rings. The number of carbonyl (C=O) groups is 1. The van der Waals surface area contributed by atoms with Crippen LogP contribution in [0, 0.1) is 0 Å². The molecule has 46 heavy (non-hydrogen) atoms. The van der Waals surface area contributed by atoms with Gasteiger partial charge in [-0.15, -0.1) is 0 Å². The molecule has 0 radical (unpaired) electrons. The van der Waals surface area contributed by atoms with Gasteiger partial charge in [-0.25, -0.2) is 0 Å². The van der Waals surface area contributed by atoms with Crippen LogP contribution in [0.25, 0.3) is 27.1 Å². The molecule has 4 heteroatoms. The number of fused-ring (bicyclic) bond motifs is 4. The minimum Gasteiger partial charge on any atom is -0.871 e. The van der Waals surface area contributed by atoms with Crippen molar-refractivity contribution in [3.05, 3.63) is 148 Å². The Labute approximate surface area is 269 Å². The van der Waals surface area contributed by atoms with E-state index in [1.165, 1.54) is 55.2 Å². The summed E-state index contributed by atoms with van der Waals surface area (Å²) in [4.78, 5) is 14.1. The Balaban J connectivity index is 1.04. The van der Waals surface area contributed by atoms with E-state index in [0.29, 0.717) is 11.1 Å². The van der Waals surface area contributed by atoms with Gasteiger partial charge in [0.2, 0.25) is 11.5 Å². The van der Waals surface area contributed by atoms with Crippen LogP contribution in [-0.2, 0) is 37.0 Å². The first-order valence-corrected chi connectivity index (χ1v) is 16.8. The van der Waals surface area contributed by atoms with Crippen molar-refractivity contribution in [3.63, 3.8) is 0 Å². The van der Waals surface area contributed by atoms with Gasteiger partial charge in [0.15, 0.2) is 12.3 Å². The molecule has 0 atom stereocenters. The molecule has 0 N–H and O–H groups in total. The van der Waals surface area contributed by atoms with Crippen LogP contribution in [0.4, 0.5) is 0 Å². The summed E-state index contributed by atoms with van der Waals surface area (Å²) in [7, 11) is 0. The number of hydrogen-bond acceptors (Lipinski definition) is 2. The highest BCUT2D eigenvalue weighted by Gasteiger charge is 2.42. The number of aromatic nitrogens is 1. The van der Waals surface area contributed by atoms with E-state index in [-0.39, 0.29) is 11.5 Å². The van der Waals surface area contributed by atoms with Crippen LogP contribution in [0.1, 0.15) is 53.8 Å². The van der Waals surface area contributed by atoms with Crippen molar-refractivity contribution in [2.24, 2.45) is 0 Å². The SMILES string of the molecule is O=C1C(c2cc3c(n2CCc2ccc4ccccc4c2)CCC3)=C([O-])/C1=C1\C=C2CCCC2=[N+]1CCc1ccc2ccccc2c1. The van der Waals surface area contributed by atoms with Gasteiger partial charge in [-0.3, -0.25) is 4.79 Å². The Hall–Kier alpha value is -4.96. The molecule has 2 heterocycles. The minimum atomic E-state index is -0.0868. The number of carbonyl (C=O) groups excluding carboxylic acids is 1. The van der Waals surface area contributed by atoms with Crippen LogP contribution < -0.4 is 5.11 Å². The predicted molar refractivity (Wildman–Crippen MR) is 183 cm³/mol. The fraction of sp³-hybridized carbons (Fsp3) is 0.238. The van der Waals surface area contributed by atoms with Gasteiger partial charge >= 0.3 is 0 Å². The van der Waals surface area contributed by atoms with Crippen LogP contribution in [0.3, 0.4) is 0 Å². The van der Waals surface area contributed by atoms with Crippen LogP contribution in [-0.4, -0.2) is 27.2 Å². The van der Waals surface area contributed by atoms with E-state index >= 15 is 0 Å². The molecular weight excluding hydrogens is 564 g/mol. The van der Waals surface area contributed by atoms with Crippen LogP contribution >= 0.6 is 0 Å². The summed E-state index contributed by atoms with van der Waals surface area (Å²) in [5.41, 5.74) is 10.2. The lowest BCUT2D eigenvalue weighted by molar-refractivity contribution is -0.470. The highest BCUT2D eigenvalue weighted by molar-refractivity contribution is 6.39. The minimum absolute atomic E-state index is 0.0868. The molecule has 0 spiro atoms. The first-order chi connectivity index (χ1) is 22.6. The molecule has 0 bridgehead atoms. The first-order valence-electron chi connectivity index (χ1n) is 16.8. The fourth-order valence-corrected chi connectivity index (χ4v) is 8.26. The third-order valence-corrected chi connectivity index (χ3v) is 10.6. The van der Waals surface area contributed by atoms with E-state index in [1.54, 1.807) is 0 Å². The monoisotopic (exact) mass is 600 g/mol. The second-order valence-corrected chi connectivity index (χ2v) is 13.3. The van der Waals surface area contributed by atoms with Gasteiger partial charge in [0.05, 0.1) is 11.3 Å². The lowest BCUT2D eigenvalue weighted by Gasteiger charge is -2.31. The molecule has 5 aromatic rings. The van der Waals surface area contributed by atoms with Crippen molar-refractivity contribution in [2.75, 3.05) is 6.54 Å². The summed E-state index contributed by atoms with van der Waals surface area (Å²) in [6, 6.07) is 32.4. The molecule has 0 amide bonds. The maximum atomic E-state index is 14.1. The first kappa shape index (κ1) is 27.4. The summed E-state index contributed by atoms with van der Waals surface area (Å²) < 4.78 is 4.58. The van der Waals surface area contributed by atoms with Gasteiger partial charge in [0.1, 0.15) is 0 Å². The van der Waals surface area contributed by atoms with Gasteiger partial charge in [0.25, 0.3) is 0 Å². The van der Waals surface area contributed by atoms with E-state index in [2.05, 4.69) is 106 Å². The largest absolute Gasteiger partial charge is 0.871 e. The Morgan fingerprint density at radius 2 is 1.37 bits per heavy atom. The number of ketones is 1. The fourth-order valence-electron chi connectivity index (χ4n) is 8.26. The Morgan fingerprint density at radius 1 is 0.696 bits per heavy atom. The Morgan fingerprint density at radius 3 is 2.09 bits per heavy atom. The van der Waals surface area contributed by atoms with Crippen molar-refractivity contribution in [1.29, 1.82) is 0 Å². The molecule has 1 aliphatic heterocycles. The molecule has 1 fully saturated rings. The Bertz CT molecular complexity index is 2240. The molecule has 0 saturated heterocycles. The lowest BCUT2D eigenvalue weighted by Crippen LogP contribution is -2.33. The maximum absolute atomic E-state index is 14.1. The molecule has 1 aromatic heterocycles. The normalized spacial score (nSPS) is 19.0. The summed E-state index contributed by atoms with van der Waals surface area (Å²) in [5.74, 6) is -0.174. The standard InChI is InChI=1S/C42H36N2O2/c45-41-39(37-25-33-11-5-13-35(33)43(37)21-19-27-15-17-29-7-1-3-9-31(29)23-27)42(46)40(41)38-26-34-12-6-14-36(34)44(38)22-20-28-16-18-30-8-2-4-10-32(30)24-28/h1-4,7-10,15-18,23-26H,5-6,11-14,19-22H2. The molecule has 9 rings (SSSR count). The van der Waals surface area contributed by atoms with Gasteiger partial charge in [-0.2, -0.15) is 4.58 Å². The Kier molecular flexibility index (Phi) is 6.45. The second-order valence-electron chi connectivity index (χ2n) is 13.3. The number of nitrogens with zero attached hydrogens (tertiary/aromatic N) is 2. The van der Waals surface area contributed by atoms with E-state index in [0.717, 1.165) is 75.8 Å². The molecule has 3 aliphatic carbocycles. The summed E-state index contributed by atoms with van der Waals surface area (Å²) in [5, 5.41) is 19.0. The smallest absolute Gasteiger partial charge is 0.216 e. The van der Waals surface area contributed by atoms with Gasteiger partial charge in [0, 0.05) is 42.3 Å². The molecule has 4 nitrogen and oxygen atoms in total. The van der Waals surface area contributed by atoms with Crippen LogP contribution in [0.2, 0.25) is 0 Å². The number of rotatable bonds is 7. The van der Waals surface area contributed by atoms with Gasteiger partial charge in [-0.05, 0) is 82.8 Å². The zero-order chi connectivity index (χ0) is 30.8. The molecule has 4 aromatic carbocycles. The second kappa shape index (κ2) is 10.8. The average molecular weight is 601 g/mol. The zero-order valence-corrected chi connectivity index (χ0v) is 26.0. The van der Waals surface area contributed by atoms with Gasteiger partial charge < -0.3 is 9.67 Å². The quantitative estimate of drug-likeness (QED) is 0.146. The maximum Gasteiger partial charge on any atom is 0.216 e. The lowest BCUT2D eigenvalue weighted by atomic mass is 9.84.